The Bertz CT molecular complexity index is 129. The van der Waals surface area contributed by atoms with E-state index in [0.717, 1.165) is 13.2 Å². The predicted octanol–water partition coefficient (Wildman–Crippen LogP) is 2.97. The van der Waals surface area contributed by atoms with Crippen LogP contribution in [-0.2, 0) is 4.74 Å². The molecule has 14 heavy (non-hydrogen) atoms. The van der Waals surface area contributed by atoms with E-state index in [0.29, 0.717) is 6.04 Å². The summed E-state index contributed by atoms with van der Waals surface area (Å²) >= 11 is 0. The summed E-state index contributed by atoms with van der Waals surface area (Å²) in [6, 6.07) is 0.527. The second kappa shape index (κ2) is 7.24. The van der Waals surface area contributed by atoms with Gasteiger partial charge in [0.25, 0.3) is 0 Å². The third kappa shape index (κ3) is 8.52. The van der Waals surface area contributed by atoms with E-state index in [2.05, 4.69) is 39.9 Å². The van der Waals surface area contributed by atoms with Crippen molar-refractivity contribution < 1.29 is 4.74 Å². The summed E-state index contributed by atoms with van der Waals surface area (Å²) in [7, 11) is 0. The van der Waals surface area contributed by atoms with E-state index >= 15 is 0 Å². The van der Waals surface area contributed by atoms with Gasteiger partial charge in [-0.25, -0.2) is 0 Å². The lowest BCUT2D eigenvalue weighted by atomic mass is 10.1. The Labute approximate surface area is 89.4 Å². The number of nitrogens with one attached hydrogen (secondary N) is 1. The third-order valence-corrected chi connectivity index (χ3v) is 2.04. The lowest BCUT2D eigenvalue weighted by Gasteiger charge is -2.25. The minimum Gasteiger partial charge on any atom is -0.374 e. The van der Waals surface area contributed by atoms with E-state index in [1.807, 2.05) is 0 Å². The number of ether oxygens (including phenoxy) is 1. The predicted molar refractivity (Wildman–Crippen MR) is 62.7 cm³/mol. The van der Waals surface area contributed by atoms with Crippen molar-refractivity contribution in [2.24, 2.45) is 0 Å². The van der Waals surface area contributed by atoms with E-state index in [1.165, 1.54) is 19.3 Å². The molecule has 1 N–H and O–H groups in total. The first-order chi connectivity index (χ1) is 6.49. The number of hydrogen-bond acceptors (Lipinski definition) is 2. The standard InChI is InChI=1S/C12H27NO/c1-6-8-11(13-9-7-2)10-14-12(3,4)5/h11,13H,6-10H2,1-5H3. The van der Waals surface area contributed by atoms with Crippen molar-refractivity contribution in [2.45, 2.75) is 65.5 Å². The van der Waals surface area contributed by atoms with Crippen molar-refractivity contribution in [1.29, 1.82) is 0 Å². The van der Waals surface area contributed by atoms with Gasteiger partial charge in [0.1, 0.15) is 0 Å². The summed E-state index contributed by atoms with van der Waals surface area (Å²) in [5.41, 5.74) is -0.0140. The second-order valence-electron chi connectivity index (χ2n) is 4.86. The SMILES string of the molecule is CCCNC(CCC)COC(C)(C)C. The zero-order valence-electron chi connectivity index (χ0n) is 10.5. The quantitative estimate of drug-likeness (QED) is 0.684. The van der Waals surface area contributed by atoms with E-state index in [1.54, 1.807) is 0 Å². The second-order valence-corrected chi connectivity index (χ2v) is 4.86. The van der Waals surface area contributed by atoms with Crippen LogP contribution in [0.2, 0.25) is 0 Å². The van der Waals surface area contributed by atoms with Crippen LogP contribution in [0, 0.1) is 0 Å². The van der Waals surface area contributed by atoms with E-state index in [-0.39, 0.29) is 5.60 Å². The average molecular weight is 201 g/mol. The molecule has 0 bridgehead atoms. The van der Waals surface area contributed by atoms with Crippen molar-refractivity contribution in [2.75, 3.05) is 13.2 Å². The molecular weight excluding hydrogens is 174 g/mol. The Balaban J connectivity index is 3.72. The molecule has 0 aliphatic rings. The molecular formula is C12H27NO. The molecule has 0 aliphatic heterocycles. The topological polar surface area (TPSA) is 21.3 Å². The highest BCUT2D eigenvalue weighted by Crippen LogP contribution is 2.08. The van der Waals surface area contributed by atoms with Crippen LogP contribution in [0.3, 0.4) is 0 Å². The molecule has 2 nitrogen and oxygen atoms in total. The molecule has 0 aliphatic carbocycles. The van der Waals surface area contributed by atoms with Gasteiger partial charge in [-0.05, 0) is 40.2 Å². The maximum Gasteiger partial charge on any atom is 0.0626 e. The molecule has 0 radical (unpaired) electrons. The Hall–Kier alpha value is -0.0800. The van der Waals surface area contributed by atoms with Crippen LogP contribution in [0.5, 0.6) is 0 Å². The van der Waals surface area contributed by atoms with Crippen LogP contribution >= 0.6 is 0 Å². The van der Waals surface area contributed by atoms with Crippen LogP contribution in [0.15, 0.2) is 0 Å². The first kappa shape index (κ1) is 13.9. The molecule has 1 unspecified atom stereocenters. The molecule has 0 aromatic rings. The minimum absolute atomic E-state index is 0.0140. The summed E-state index contributed by atoms with van der Waals surface area (Å²) in [6.07, 6.45) is 3.61. The Morgan fingerprint density at radius 3 is 2.21 bits per heavy atom. The molecule has 0 rings (SSSR count). The molecule has 2 heteroatoms. The molecule has 0 spiro atoms. The monoisotopic (exact) mass is 201 g/mol. The van der Waals surface area contributed by atoms with Gasteiger partial charge < -0.3 is 10.1 Å². The van der Waals surface area contributed by atoms with Crippen LogP contribution in [0.25, 0.3) is 0 Å². The highest BCUT2D eigenvalue weighted by molar-refractivity contribution is 4.68. The molecule has 0 heterocycles. The number of hydrogen-bond donors (Lipinski definition) is 1. The van der Waals surface area contributed by atoms with Crippen molar-refractivity contribution in [1.82, 2.24) is 5.32 Å². The van der Waals surface area contributed by atoms with E-state index in [9.17, 15) is 0 Å². The summed E-state index contributed by atoms with van der Waals surface area (Å²) in [4.78, 5) is 0. The molecule has 0 aromatic carbocycles. The first-order valence-electron chi connectivity index (χ1n) is 5.87. The maximum atomic E-state index is 5.78. The van der Waals surface area contributed by atoms with Gasteiger partial charge in [0.05, 0.1) is 12.2 Å². The zero-order valence-corrected chi connectivity index (χ0v) is 10.5. The van der Waals surface area contributed by atoms with Crippen molar-refractivity contribution in [3.05, 3.63) is 0 Å². The average Bonchev–Trinajstić information content (AvgIpc) is 2.08. The summed E-state index contributed by atoms with van der Waals surface area (Å²) in [6.45, 7) is 12.7. The minimum atomic E-state index is -0.0140. The Morgan fingerprint density at radius 1 is 1.14 bits per heavy atom. The van der Waals surface area contributed by atoms with Gasteiger partial charge in [0.15, 0.2) is 0 Å². The highest BCUT2D eigenvalue weighted by Gasteiger charge is 2.14. The van der Waals surface area contributed by atoms with Crippen molar-refractivity contribution in [3.63, 3.8) is 0 Å². The molecule has 0 saturated carbocycles. The first-order valence-corrected chi connectivity index (χ1v) is 5.87. The van der Waals surface area contributed by atoms with Crippen molar-refractivity contribution >= 4 is 0 Å². The van der Waals surface area contributed by atoms with Crippen LogP contribution < -0.4 is 5.32 Å². The maximum absolute atomic E-state index is 5.78. The normalized spacial score (nSPS) is 14.4. The van der Waals surface area contributed by atoms with Crippen molar-refractivity contribution in [3.8, 4) is 0 Å². The molecule has 0 aromatic heterocycles. The molecule has 0 saturated heterocycles. The van der Waals surface area contributed by atoms with Gasteiger partial charge in [-0.2, -0.15) is 0 Å². The molecule has 0 amide bonds. The van der Waals surface area contributed by atoms with Crippen LogP contribution in [-0.4, -0.2) is 24.8 Å². The number of rotatable bonds is 7. The van der Waals surface area contributed by atoms with Gasteiger partial charge in [-0.15, -0.1) is 0 Å². The van der Waals surface area contributed by atoms with Gasteiger partial charge in [-0.1, -0.05) is 20.3 Å². The van der Waals surface area contributed by atoms with E-state index < -0.39 is 0 Å². The summed E-state index contributed by atoms with van der Waals surface area (Å²) < 4.78 is 5.78. The summed E-state index contributed by atoms with van der Waals surface area (Å²) in [5.74, 6) is 0. The molecule has 0 fully saturated rings. The zero-order chi connectivity index (χ0) is 11.0. The van der Waals surface area contributed by atoms with Crippen LogP contribution in [0.4, 0.5) is 0 Å². The summed E-state index contributed by atoms with van der Waals surface area (Å²) in [5, 5.41) is 3.52. The smallest absolute Gasteiger partial charge is 0.0626 e. The van der Waals surface area contributed by atoms with Gasteiger partial charge in [0, 0.05) is 6.04 Å². The Kier molecular flexibility index (Phi) is 7.20. The Morgan fingerprint density at radius 2 is 1.79 bits per heavy atom. The van der Waals surface area contributed by atoms with Crippen LogP contribution in [0.1, 0.15) is 53.9 Å². The fourth-order valence-corrected chi connectivity index (χ4v) is 1.29. The third-order valence-electron chi connectivity index (χ3n) is 2.04. The highest BCUT2D eigenvalue weighted by atomic mass is 16.5. The fraction of sp³-hybridized carbons (Fsp3) is 1.00. The molecule has 1 atom stereocenters. The lowest BCUT2D eigenvalue weighted by Crippen LogP contribution is -2.36. The van der Waals surface area contributed by atoms with Gasteiger partial charge in [-0.3, -0.25) is 0 Å². The lowest BCUT2D eigenvalue weighted by molar-refractivity contribution is -0.0154. The molecule has 86 valence electrons. The van der Waals surface area contributed by atoms with Gasteiger partial charge >= 0.3 is 0 Å². The van der Waals surface area contributed by atoms with E-state index in [4.69, 9.17) is 4.74 Å². The largest absolute Gasteiger partial charge is 0.374 e. The fourth-order valence-electron chi connectivity index (χ4n) is 1.29. The van der Waals surface area contributed by atoms with Gasteiger partial charge in [0.2, 0.25) is 0 Å².